The number of aromatic amines is 1. The molecule has 0 radical (unpaired) electrons. The number of pyridine rings is 1. The van der Waals surface area contributed by atoms with E-state index in [9.17, 15) is 24.8 Å². The standard InChI is InChI=1S/C11H7Cl2N3O5/c1-3(17)14-8-4(12)2-5-6(7(8)13)10(18)9(16(20)21)11(19)15-5/h2H,1H3,(H,14,17)(H2,15,18,19). The van der Waals surface area contributed by atoms with Gasteiger partial charge in [-0.05, 0) is 6.07 Å². The topological polar surface area (TPSA) is 125 Å². The number of nitrogens with one attached hydrogen (secondary N) is 2. The van der Waals surface area contributed by atoms with Crippen LogP contribution in [0.1, 0.15) is 6.92 Å². The molecule has 2 aromatic rings. The van der Waals surface area contributed by atoms with Gasteiger partial charge in [0, 0.05) is 6.92 Å². The third kappa shape index (κ3) is 2.50. The average molecular weight is 332 g/mol. The summed E-state index contributed by atoms with van der Waals surface area (Å²) in [7, 11) is 0. The minimum atomic E-state index is -1.09. The Morgan fingerprint density at radius 1 is 1.48 bits per heavy atom. The molecule has 8 nitrogen and oxygen atoms in total. The first-order chi connectivity index (χ1) is 9.73. The van der Waals surface area contributed by atoms with Crippen molar-refractivity contribution in [3.8, 4) is 5.75 Å². The fourth-order valence-corrected chi connectivity index (χ4v) is 2.46. The zero-order chi connectivity index (χ0) is 15.9. The lowest BCUT2D eigenvalue weighted by Gasteiger charge is -2.11. The van der Waals surface area contributed by atoms with Gasteiger partial charge >= 0.3 is 11.2 Å². The fourth-order valence-electron chi connectivity index (χ4n) is 1.82. The summed E-state index contributed by atoms with van der Waals surface area (Å²) in [6.07, 6.45) is 0. The molecule has 1 amide bonds. The summed E-state index contributed by atoms with van der Waals surface area (Å²) in [4.78, 5) is 34.7. The first-order valence-electron chi connectivity index (χ1n) is 5.43. The molecule has 1 aromatic heterocycles. The number of rotatable bonds is 2. The Bertz CT molecular complexity index is 846. The number of halogens is 2. The number of anilines is 1. The monoisotopic (exact) mass is 331 g/mol. The highest BCUT2D eigenvalue weighted by atomic mass is 35.5. The number of hydrogen-bond acceptors (Lipinski definition) is 5. The Kier molecular flexibility index (Phi) is 3.75. The summed E-state index contributed by atoms with van der Waals surface area (Å²) in [6, 6.07) is 1.22. The smallest absolute Gasteiger partial charge is 0.375 e. The highest BCUT2D eigenvalue weighted by Crippen LogP contribution is 2.42. The summed E-state index contributed by atoms with van der Waals surface area (Å²) >= 11 is 11.9. The normalized spacial score (nSPS) is 10.6. The molecule has 0 aliphatic carbocycles. The number of hydrogen-bond donors (Lipinski definition) is 3. The molecule has 10 heteroatoms. The van der Waals surface area contributed by atoms with Crippen LogP contribution < -0.4 is 10.9 Å². The van der Waals surface area contributed by atoms with Gasteiger partial charge in [-0.2, -0.15) is 0 Å². The molecule has 3 N–H and O–H groups in total. The number of fused-ring (bicyclic) bond motifs is 1. The molecule has 110 valence electrons. The number of H-pyrrole nitrogens is 1. The van der Waals surface area contributed by atoms with Crippen molar-refractivity contribution in [3.05, 3.63) is 36.6 Å². The molecule has 0 aliphatic heterocycles. The molecule has 0 spiro atoms. The van der Waals surface area contributed by atoms with Gasteiger partial charge in [0.25, 0.3) is 0 Å². The largest absolute Gasteiger partial charge is 0.501 e. The maximum absolute atomic E-state index is 11.6. The van der Waals surface area contributed by atoms with Crippen LogP contribution in [0.15, 0.2) is 10.9 Å². The number of nitro groups is 1. The van der Waals surface area contributed by atoms with Crippen LogP contribution in [0.5, 0.6) is 5.75 Å². The van der Waals surface area contributed by atoms with E-state index in [4.69, 9.17) is 23.2 Å². The first kappa shape index (κ1) is 15.1. The molecule has 0 saturated carbocycles. The van der Waals surface area contributed by atoms with E-state index >= 15 is 0 Å². The predicted octanol–water partition coefficient (Wildman–Crippen LogP) is 2.41. The summed E-state index contributed by atoms with van der Waals surface area (Å²) in [5.74, 6) is -1.37. The Labute approximate surface area is 126 Å². The molecule has 0 bridgehead atoms. The lowest BCUT2D eigenvalue weighted by Crippen LogP contribution is -2.13. The molecule has 0 saturated heterocycles. The van der Waals surface area contributed by atoms with Crippen LogP contribution in [-0.2, 0) is 4.79 Å². The molecular weight excluding hydrogens is 325 g/mol. The molecular formula is C11H7Cl2N3O5. The number of aromatic hydroxyl groups is 1. The fraction of sp³-hybridized carbons (Fsp3) is 0.0909. The van der Waals surface area contributed by atoms with E-state index in [0.29, 0.717) is 0 Å². The van der Waals surface area contributed by atoms with Crippen LogP contribution in [0.25, 0.3) is 10.9 Å². The van der Waals surface area contributed by atoms with E-state index in [1.807, 2.05) is 0 Å². The maximum Gasteiger partial charge on any atom is 0.375 e. The lowest BCUT2D eigenvalue weighted by atomic mass is 10.1. The minimum absolute atomic E-state index is 0.00611. The van der Waals surface area contributed by atoms with Crippen molar-refractivity contribution in [3.63, 3.8) is 0 Å². The number of carbonyl (C=O) groups is 1. The third-order valence-electron chi connectivity index (χ3n) is 2.63. The molecule has 0 unspecified atom stereocenters. The summed E-state index contributed by atoms with van der Waals surface area (Å²) in [5, 5.41) is 22.7. The third-order valence-corrected chi connectivity index (χ3v) is 3.30. The molecule has 0 aliphatic rings. The van der Waals surface area contributed by atoms with Gasteiger partial charge in [-0.25, -0.2) is 0 Å². The Morgan fingerprint density at radius 3 is 2.62 bits per heavy atom. The van der Waals surface area contributed by atoms with Crippen molar-refractivity contribution in [2.24, 2.45) is 0 Å². The van der Waals surface area contributed by atoms with Gasteiger partial charge in [0.15, 0.2) is 0 Å². The second kappa shape index (κ2) is 5.23. The number of aromatic nitrogens is 1. The van der Waals surface area contributed by atoms with Crippen molar-refractivity contribution in [2.75, 3.05) is 5.32 Å². The van der Waals surface area contributed by atoms with Gasteiger partial charge in [-0.1, -0.05) is 23.2 Å². The maximum atomic E-state index is 11.6. The summed E-state index contributed by atoms with van der Waals surface area (Å²) in [6.45, 7) is 1.21. The van der Waals surface area contributed by atoms with Gasteiger partial charge in [-0.15, -0.1) is 0 Å². The molecule has 0 atom stereocenters. The SMILES string of the molecule is CC(=O)Nc1c(Cl)cc2[nH]c(=O)c([N+](=O)[O-])c(O)c2c1Cl. The zero-order valence-electron chi connectivity index (χ0n) is 10.4. The van der Waals surface area contributed by atoms with Gasteiger partial charge in [0.05, 0.1) is 31.6 Å². The van der Waals surface area contributed by atoms with E-state index in [2.05, 4.69) is 10.3 Å². The molecule has 0 fully saturated rings. The summed E-state index contributed by atoms with van der Waals surface area (Å²) in [5.41, 5.74) is -2.15. The molecule has 1 aromatic carbocycles. The Balaban J connectivity index is 2.94. The molecule has 2 rings (SSSR count). The van der Waals surface area contributed by atoms with E-state index in [0.717, 1.165) is 0 Å². The number of amides is 1. The molecule has 21 heavy (non-hydrogen) atoms. The second-order valence-electron chi connectivity index (χ2n) is 4.06. The summed E-state index contributed by atoms with van der Waals surface area (Å²) < 4.78 is 0. The van der Waals surface area contributed by atoms with E-state index < -0.39 is 27.8 Å². The van der Waals surface area contributed by atoms with E-state index in [1.54, 1.807) is 0 Å². The first-order valence-corrected chi connectivity index (χ1v) is 6.18. The van der Waals surface area contributed by atoms with Crippen LogP contribution in [0.4, 0.5) is 11.4 Å². The quantitative estimate of drug-likeness (QED) is 0.575. The minimum Gasteiger partial charge on any atom is -0.501 e. The lowest BCUT2D eigenvalue weighted by molar-refractivity contribution is -0.387. The van der Waals surface area contributed by atoms with Gasteiger partial charge in [0.1, 0.15) is 0 Å². The van der Waals surface area contributed by atoms with Gasteiger partial charge in [0.2, 0.25) is 11.7 Å². The van der Waals surface area contributed by atoms with Crippen molar-refractivity contribution >= 4 is 51.4 Å². The van der Waals surface area contributed by atoms with Crippen LogP contribution >= 0.6 is 23.2 Å². The van der Waals surface area contributed by atoms with Crippen molar-refractivity contribution in [1.29, 1.82) is 0 Å². The van der Waals surface area contributed by atoms with Crippen LogP contribution in [-0.4, -0.2) is 20.9 Å². The predicted molar refractivity (Wildman–Crippen MR) is 77.2 cm³/mol. The van der Waals surface area contributed by atoms with Crippen LogP contribution in [0, 0.1) is 10.1 Å². The van der Waals surface area contributed by atoms with Crippen molar-refractivity contribution in [1.82, 2.24) is 4.98 Å². The Hall–Kier alpha value is -2.32. The average Bonchev–Trinajstić information content (AvgIpc) is 2.32. The van der Waals surface area contributed by atoms with Crippen LogP contribution in [0.3, 0.4) is 0 Å². The van der Waals surface area contributed by atoms with E-state index in [-0.39, 0.29) is 26.6 Å². The second-order valence-corrected chi connectivity index (χ2v) is 4.84. The number of benzene rings is 1. The highest BCUT2D eigenvalue weighted by Gasteiger charge is 2.26. The number of nitrogens with zero attached hydrogens (tertiary/aromatic N) is 1. The van der Waals surface area contributed by atoms with Gasteiger partial charge < -0.3 is 15.4 Å². The molecule has 1 heterocycles. The van der Waals surface area contributed by atoms with E-state index in [1.165, 1.54) is 13.0 Å². The van der Waals surface area contributed by atoms with Crippen LogP contribution in [0.2, 0.25) is 10.0 Å². The Morgan fingerprint density at radius 2 is 2.10 bits per heavy atom. The number of carbonyl (C=O) groups excluding carboxylic acids is 1. The van der Waals surface area contributed by atoms with Gasteiger partial charge in [-0.3, -0.25) is 19.7 Å². The van der Waals surface area contributed by atoms with Crippen molar-refractivity contribution in [2.45, 2.75) is 6.92 Å². The zero-order valence-corrected chi connectivity index (χ0v) is 11.9. The highest BCUT2D eigenvalue weighted by molar-refractivity contribution is 6.44. The van der Waals surface area contributed by atoms with Crippen molar-refractivity contribution < 1.29 is 14.8 Å².